The number of para-hydroxylation sites is 1. The van der Waals surface area contributed by atoms with Crippen LogP contribution in [0.1, 0.15) is 18.4 Å². The summed E-state index contributed by atoms with van der Waals surface area (Å²) >= 11 is 1.59. The minimum Gasteiger partial charge on any atom is -0.495 e. The van der Waals surface area contributed by atoms with Gasteiger partial charge in [-0.1, -0.05) is 48.2 Å². The van der Waals surface area contributed by atoms with E-state index in [1.54, 1.807) is 23.9 Å². The van der Waals surface area contributed by atoms with E-state index in [1.807, 2.05) is 67.6 Å². The molecule has 0 saturated carbocycles. The van der Waals surface area contributed by atoms with Crippen LogP contribution in [0.15, 0.2) is 87.5 Å². The van der Waals surface area contributed by atoms with Crippen LogP contribution >= 0.6 is 11.8 Å². The third-order valence-electron chi connectivity index (χ3n) is 5.88. The Hall–Kier alpha value is -2.81. The number of hydrogen-bond acceptors (Lipinski definition) is 5. The SMILES string of the molecule is COc1ccc(C)cc1S(=O)(=O)N1CCC(C(=O)Nc2ccccc2Sc2ccccc2)CC1. The molecule has 0 aromatic heterocycles. The normalized spacial score (nSPS) is 15.1. The molecule has 3 aromatic rings. The Labute approximate surface area is 205 Å². The maximum absolute atomic E-state index is 13.2. The molecule has 0 radical (unpaired) electrons. The van der Waals surface area contributed by atoms with Crippen molar-refractivity contribution in [1.82, 2.24) is 4.31 Å². The number of anilines is 1. The van der Waals surface area contributed by atoms with E-state index in [0.29, 0.717) is 18.6 Å². The highest BCUT2D eigenvalue weighted by Gasteiger charge is 2.34. The van der Waals surface area contributed by atoms with Crippen molar-refractivity contribution in [3.63, 3.8) is 0 Å². The van der Waals surface area contributed by atoms with Crippen molar-refractivity contribution in [2.45, 2.75) is 34.5 Å². The van der Waals surface area contributed by atoms with Gasteiger partial charge in [-0.3, -0.25) is 4.79 Å². The molecule has 1 saturated heterocycles. The number of carbonyl (C=O) groups is 1. The van der Waals surface area contributed by atoms with Crippen LogP contribution in [0.25, 0.3) is 0 Å². The number of nitrogens with one attached hydrogen (secondary N) is 1. The minimum absolute atomic E-state index is 0.0775. The van der Waals surface area contributed by atoms with E-state index >= 15 is 0 Å². The molecule has 4 rings (SSSR count). The summed E-state index contributed by atoms with van der Waals surface area (Å²) in [5.74, 6) is 0.00456. The number of methoxy groups -OCH3 is 1. The van der Waals surface area contributed by atoms with Gasteiger partial charge in [0.25, 0.3) is 0 Å². The summed E-state index contributed by atoms with van der Waals surface area (Å²) in [4.78, 5) is 15.3. The van der Waals surface area contributed by atoms with Gasteiger partial charge in [-0.15, -0.1) is 0 Å². The zero-order chi connectivity index (χ0) is 24.1. The molecule has 1 N–H and O–H groups in total. The van der Waals surface area contributed by atoms with Gasteiger partial charge in [-0.2, -0.15) is 4.31 Å². The largest absolute Gasteiger partial charge is 0.495 e. The first kappa shape index (κ1) is 24.3. The molecule has 1 aliphatic rings. The Morgan fingerprint density at radius 3 is 2.38 bits per heavy atom. The number of piperidine rings is 1. The third kappa shape index (κ3) is 5.46. The monoisotopic (exact) mass is 496 g/mol. The average molecular weight is 497 g/mol. The minimum atomic E-state index is -3.70. The molecule has 1 fully saturated rings. The molecule has 0 atom stereocenters. The molecule has 6 nitrogen and oxygen atoms in total. The summed E-state index contributed by atoms with van der Waals surface area (Å²) in [6.45, 7) is 2.43. The number of carbonyl (C=O) groups excluding carboxylic acids is 1. The Morgan fingerprint density at radius 2 is 1.68 bits per heavy atom. The maximum atomic E-state index is 13.2. The zero-order valence-electron chi connectivity index (χ0n) is 19.2. The standard InChI is InChI=1S/C26H28N2O4S2/c1-19-12-13-23(32-2)25(18-19)34(30,31)28-16-14-20(15-17-28)26(29)27-22-10-6-7-11-24(22)33-21-8-4-3-5-9-21/h3-13,18,20H,14-17H2,1-2H3,(H,27,29). The van der Waals surface area contributed by atoms with Crippen LogP contribution in [0, 0.1) is 12.8 Å². The predicted octanol–water partition coefficient (Wildman–Crippen LogP) is 5.19. The molecule has 0 aliphatic carbocycles. The number of benzene rings is 3. The van der Waals surface area contributed by atoms with Gasteiger partial charge in [0.05, 0.1) is 12.8 Å². The van der Waals surface area contributed by atoms with Gasteiger partial charge >= 0.3 is 0 Å². The summed E-state index contributed by atoms with van der Waals surface area (Å²) in [5, 5.41) is 3.06. The molecule has 34 heavy (non-hydrogen) atoms. The van der Waals surface area contributed by atoms with Crippen LogP contribution in [0.4, 0.5) is 5.69 Å². The second-order valence-electron chi connectivity index (χ2n) is 8.23. The quantitative estimate of drug-likeness (QED) is 0.487. The molecule has 0 spiro atoms. The second kappa shape index (κ2) is 10.6. The number of sulfonamides is 1. The third-order valence-corrected chi connectivity index (χ3v) is 8.88. The smallest absolute Gasteiger partial charge is 0.246 e. The number of amides is 1. The number of aryl methyl sites for hydroxylation is 1. The van der Waals surface area contributed by atoms with Crippen molar-refractivity contribution in [3.8, 4) is 5.75 Å². The lowest BCUT2D eigenvalue weighted by Gasteiger charge is -2.31. The first-order chi connectivity index (χ1) is 16.4. The number of rotatable bonds is 7. The summed E-state index contributed by atoms with van der Waals surface area (Å²) in [7, 11) is -2.24. The van der Waals surface area contributed by atoms with E-state index < -0.39 is 10.0 Å². The maximum Gasteiger partial charge on any atom is 0.246 e. The molecule has 0 bridgehead atoms. The van der Waals surface area contributed by atoms with Crippen molar-refractivity contribution in [1.29, 1.82) is 0 Å². The van der Waals surface area contributed by atoms with Gasteiger partial charge < -0.3 is 10.1 Å². The molecular formula is C26H28N2O4S2. The molecule has 1 heterocycles. The fraction of sp³-hybridized carbons (Fsp3) is 0.269. The number of hydrogen-bond donors (Lipinski definition) is 1. The first-order valence-corrected chi connectivity index (χ1v) is 13.4. The van der Waals surface area contributed by atoms with Crippen molar-refractivity contribution in [2.24, 2.45) is 5.92 Å². The molecule has 1 amide bonds. The highest BCUT2D eigenvalue weighted by molar-refractivity contribution is 7.99. The van der Waals surface area contributed by atoms with Crippen molar-refractivity contribution < 1.29 is 17.9 Å². The van der Waals surface area contributed by atoms with Crippen molar-refractivity contribution >= 4 is 33.4 Å². The fourth-order valence-electron chi connectivity index (χ4n) is 3.99. The van der Waals surface area contributed by atoms with E-state index in [2.05, 4.69) is 5.32 Å². The van der Waals surface area contributed by atoms with E-state index in [-0.39, 0.29) is 29.8 Å². The number of ether oxygens (including phenoxy) is 1. The Bertz CT molecular complexity index is 1250. The van der Waals surface area contributed by atoms with Crippen molar-refractivity contribution in [3.05, 3.63) is 78.4 Å². The summed E-state index contributed by atoms with van der Waals surface area (Å²) in [6.07, 6.45) is 0.931. The van der Waals surface area contributed by atoms with Crippen LogP contribution in [0.2, 0.25) is 0 Å². The molecule has 1 aliphatic heterocycles. The van der Waals surface area contributed by atoms with Crippen LogP contribution < -0.4 is 10.1 Å². The highest BCUT2D eigenvalue weighted by atomic mass is 32.2. The average Bonchev–Trinajstić information content (AvgIpc) is 2.86. The molecular weight excluding hydrogens is 468 g/mol. The Morgan fingerprint density at radius 1 is 1.00 bits per heavy atom. The fourth-order valence-corrected chi connectivity index (χ4v) is 6.63. The van der Waals surface area contributed by atoms with E-state index in [4.69, 9.17) is 4.74 Å². The van der Waals surface area contributed by atoms with Crippen LogP contribution in [0.5, 0.6) is 5.75 Å². The highest BCUT2D eigenvalue weighted by Crippen LogP contribution is 2.34. The second-order valence-corrected chi connectivity index (χ2v) is 11.3. The van der Waals surface area contributed by atoms with Crippen LogP contribution in [0.3, 0.4) is 0 Å². The number of nitrogens with zero attached hydrogens (tertiary/aromatic N) is 1. The van der Waals surface area contributed by atoms with Gasteiger partial charge in [-0.05, 0) is 61.7 Å². The zero-order valence-corrected chi connectivity index (χ0v) is 20.9. The van der Waals surface area contributed by atoms with E-state index in [0.717, 1.165) is 21.0 Å². The Kier molecular flexibility index (Phi) is 7.60. The van der Waals surface area contributed by atoms with Gasteiger partial charge in [0.2, 0.25) is 15.9 Å². The lowest BCUT2D eigenvalue weighted by Crippen LogP contribution is -2.41. The van der Waals surface area contributed by atoms with Gasteiger partial charge in [0.1, 0.15) is 10.6 Å². The molecule has 178 valence electrons. The summed E-state index contributed by atoms with van der Waals surface area (Å²) < 4.78 is 33.2. The first-order valence-electron chi connectivity index (χ1n) is 11.2. The topological polar surface area (TPSA) is 75.7 Å². The lowest BCUT2D eigenvalue weighted by atomic mass is 9.97. The summed E-state index contributed by atoms with van der Waals surface area (Å²) in [6, 6.07) is 22.9. The van der Waals surface area contributed by atoms with E-state index in [9.17, 15) is 13.2 Å². The van der Waals surface area contributed by atoms with Crippen molar-refractivity contribution in [2.75, 3.05) is 25.5 Å². The molecule has 3 aromatic carbocycles. The summed E-state index contributed by atoms with van der Waals surface area (Å²) in [5.41, 5.74) is 1.61. The molecule has 8 heteroatoms. The van der Waals surface area contributed by atoms with Crippen LogP contribution in [-0.4, -0.2) is 38.8 Å². The van der Waals surface area contributed by atoms with Gasteiger partial charge in [0, 0.05) is 28.8 Å². The predicted molar refractivity (Wildman–Crippen MR) is 135 cm³/mol. The van der Waals surface area contributed by atoms with E-state index in [1.165, 1.54) is 11.4 Å². The van der Waals surface area contributed by atoms with Gasteiger partial charge in [0.15, 0.2) is 0 Å². The Balaban J connectivity index is 1.42. The lowest BCUT2D eigenvalue weighted by molar-refractivity contribution is -0.120. The van der Waals surface area contributed by atoms with Gasteiger partial charge in [-0.25, -0.2) is 8.42 Å². The van der Waals surface area contributed by atoms with Crippen LogP contribution in [-0.2, 0) is 14.8 Å². The molecule has 0 unspecified atom stereocenters.